The Morgan fingerprint density at radius 3 is 2.68 bits per heavy atom. The second-order valence-corrected chi connectivity index (χ2v) is 6.21. The van der Waals surface area contributed by atoms with E-state index in [0.29, 0.717) is 23.7 Å². The highest BCUT2D eigenvalue weighted by Crippen LogP contribution is 2.48. The molecule has 5 unspecified atom stereocenters. The van der Waals surface area contributed by atoms with Crippen molar-refractivity contribution in [3.63, 3.8) is 0 Å². The SMILES string of the molecule is CC1=CCC(C2C[C@@H]3C=COC3C3OC=CC23)C=C1. The lowest BCUT2D eigenvalue weighted by molar-refractivity contribution is -0.0638. The average Bonchev–Trinajstić information content (AvgIpc) is 3.06. The van der Waals surface area contributed by atoms with Crippen molar-refractivity contribution in [3.8, 4) is 0 Å². The summed E-state index contributed by atoms with van der Waals surface area (Å²) < 4.78 is 11.6. The zero-order valence-electron chi connectivity index (χ0n) is 11.2. The largest absolute Gasteiger partial charge is 0.494 e. The molecule has 2 nitrogen and oxygen atoms in total. The van der Waals surface area contributed by atoms with Gasteiger partial charge in [0.2, 0.25) is 0 Å². The Kier molecular flexibility index (Phi) is 2.57. The lowest BCUT2D eigenvalue weighted by Crippen LogP contribution is -2.46. The highest BCUT2D eigenvalue weighted by atomic mass is 16.5. The smallest absolute Gasteiger partial charge is 0.142 e. The number of allylic oxidation sites excluding steroid dienone is 4. The summed E-state index contributed by atoms with van der Waals surface area (Å²) in [5.74, 6) is 2.38. The molecule has 2 heterocycles. The summed E-state index contributed by atoms with van der Waals surface area (Å²) in [5, 5.41) is 0. The predicted molar refractivity (Wildman–Crippen MR) is 74.1 cm³/mol. The van der Waals surface area contributed by atoms with Gasteiger partial charge in [0.25, 0.3) is 0 Å². The van der Waals surface area contributed by atoms with Gasteiger partial charge in [-0.2, -0.15) is 0 Å². The molecular weight excluding hydrogens is 236 g/mol. The summed E-state index contributed by atoms with van der Waals surface area (Å²) in [6, 6.07) is 0. The van der Waals surface area contributed by atoms with Crippen LogP contribution in [-0.4, -0.2) is 12.2 Å². The normalized spacial score (nSPS) is 46.3. The van der Waals surface area contributed by atoms with Crippen LogP contribution in [0.25, 0.3) is 0 Å². The Labute approximate surface area is 114 Å². The summed E-state index contributed by atoms with van der Waals surface area (Å²) in [6.45, 7) is 2.18. The summed E-state index contributed by atoms with van der Waals surface area (Å²) >= 11 is 0. The summed E-state index contributed by atoms with van der Waals surface area (Å²) in [6.07, 6.45) is 18.1. The summed E-state index contributed by atoms with van der Waals surface area (Å²) in [4.78, 5) is 0. The second kappa shape index (κ2) is 4.29. The van der Waals surface area contributed by atoms with Gasteiger partial charge in [0.05, 0.1) is 12.5 Å². The minimum Gasteiger partial charge on any atom is -0.494 e. The van der Waals surface area contributed by atoms with Crippen molar-refractivity contribution < 1.29 is 9.47 Å². The molecule has 2 heteroatoms. The summed E-state index contributed by atoms with van der Waals surface area (Å²) in [5.41, 5.74) is 1.39. The minimum absolute atomic E-state index is 0.221. The Hall–Kier alpha value is -1.44. The molecule has 0 bridgehead atoms. The quantitative estimate of drug-likeness (QED) is 0.714. The first-order chi connectivity index (χ1) is 9.33. The van der Waals surface area contributed by atoms with E-state index >= 15 is 0 Å². The molecule has 0 radical (unpaired) electrons. The first kappa shape index (κ1) is 11.4. The van der Waals surface area contributed by atoms with E-state index in [1.807, 2.05) is 12.5 Å². The van der Waals surface area contributed by atoms with E-state index in [9.17, 15) is 0 Å². The van der Waals surface area contributed by atoms with Crippen LogP contribution in [-0.2, 0) is 9.47 Å². The van der Waals surface area contributed by atoms with Crippen molar-refractivity contribution in [2.45, 2.75) is 32.0 Å². The fraction of sp³-hybridized carbons (Fsp3) is 0.529. The van der Waals surface area contributed by atoms with Gasteiger partial charge in [-0.15, -0.1) is 0 Å². The van der Waals surface area contributed by atoms with Crippen molar-refractivity contribution in [2.24, 2.45) is 23.7 Å². The van der Waals surface area contributed by atoms with Gasteiger partial charge in [-0.05, 0) is 43.8 Å². The Bertz CT molecular complexity index is 485. The summed E-state index contributed by atoms with van der Waals surface area (Å²) in [7, 11) is 0. The van der Waals surface area contributed by atoms with Crippen LogP contribution in [0.4, 0.5) is 0 Å². The first-order valence-electron chi connectivity index (χ1n) is 7.32. The predicted octanol–water partition coefficient (Wildman–Crippen LogP) is 3.59. The van der Waals surface area contributed by atoms with E-state index in [2.05, 4.69) is 37.3 Å². The molecule has 1 saturated carbocycles. The van der Waals surface area contributed by atoms with Crippen molar-refractivity contribution in [1.29, 1.82) is 0 Å². The lowest BCUT2D eigenvalue weighted by Gasteiger charge is -2.42. The van der Waals surface area contributed by atoms with Gasteiger partial charge < -0.3 is 9.47 Å². The molecule has 0 N–H and O–H groups in total. The van der Waals surface area contributed by atoms with E-state index in [0.717, 1.165) is 0 Å². The maximum absolute atomic E-state index is 5.83. The zero-order chi connectivity index (χ0) is 12.8. The van der Waals surface area contributed by atoms with E-state index < -0.39 is 0 Å². The lowest BCUT2D eigenvalue weighted by atomic mass is 9.65. The van der Waals surface area contributed by atoms with Crippen molar-refractivity contribution >= 4 is 0 Å². The van der Waals surface area contributed by atoms with Crippen molar-refractivity contribution in [2.75, 3.05) is 0 Å². The molecule has 0 spiro atoms. The third kappa shape index (κ3) is 1.77. The highest BCUT2D eigenvalue weighted by Gasteiger charge is 2.50. The third-order valence-electron chi connectivity index (χ3n) is 5.13. The van der Waals surface area contributed by atoms with Crippen LogP contribution in [0.2, 0.25) is 0 Å². The fourth-order valence-corrected chi connectivity index (χ4v) is 4.08. The van der Waals surface area contributed by atoms with Crippen LogP contribution < -0.4 is 0 Å². The molecular formula is C17H20O2. The van der Waals surface area contributed by atoms with Gasteiger partial charge in [-0.25, -0.2) is 0 Å². The van der Waals surface area contributed by atoms with E-state index in [1.165, 1.54) is 18.4 Å². The zero-order valence-corrected chi connectivity index (χ0v) is 11.2. The van der Waals surface area contributed by atoms with Gasteiger partial charge in [0.1, 0.15) is 12.2 Å². The van der Waals surface area contributed by atoms with Gasteiger partial charge in [0, 0.05) is 11.8 Å². The number of hydrogen-bond donors (Lipinski definition) is 0. The molecule has 19 heavy (non-hydrogen) atoms. The van der Waals surface area contributed by atoms with Crippen molar-refractivity contribution in [3.05, 3.63) is 48.5 Å². The topological polar surface area (TPSA) is 18.5 Å². The minimum atomic E-state index is 0.221. The molecule has 1 fully saturated rings. The third-order valence-corrected chi connectivity index (χ3v) is 5.13. The Morgan fingerprint density at radius 1 is 1.00 bits per heavy atom. The number of rotatable bonds is 1. The second-order valence-electron chi connectivity index (χ2n) is 6.21. The van der Waals surface area contributed by atoms with Crippen LogP contribution >= 0.6 is 0 Å². The molecule has 4 aliphatic rings. The van der Waals surface area contributed by atoms with Crippen LogP contribution in [0.5, 0.6) is 0 Å². The molecule has 100 valence electrons. The molecule has 0 aromatic heterocycles. The molecule has 2 aliphatic heterocycles. The van der Waals surface area contributed by atoms with Gasteiger partial charge in [0.15, 0.2) is 0 Å². The van der Waals surface area contributed by atoms with Crippen LogP contribution in [0, 0.1) is 23.7 Å². The molecule has 0 aromatic rings. The van der Waals surface area contributed by atoms with Crippen molar-refractivity contribution in [1.82, 2.24) is 0 Å². The van der Waals surface area contributed by atoms with E-state index in [-0.39, 0.29) is 12.2 Å². The molecule has 0 aromatic carbocycles. The number of ether oxygens (including phenoxy) is 2. The van der Waals surface area contributed by atoms with E-state index in [1.54, 1.807) is 0 Å². The maximum atomic E-state index is 5.83. The molecule has 6 atom stereocenters. The number of hydrogen-bond acceptors (Lipinski definition) is 2. The Balaban J connectivity index is 1.59. The first-order valence-corrected chi connectivity index (χ1v) is 7.32. The highest BCUT2D eigenvalue weighted by molar-refractivity contribution is 5.24. The molecule has 4 rings (SSSR count). The van der Waals surface area contributed by atoms with Gasteiger partial charge in [-0.1, -0.05) is 23.8 Å². The van der Waals surface area contributed by atoms with Gasteiger partial charge in [-0.3, -0.25) is 0 Å². The molecule has 0 saturated heterocycles. The van der Waals surface area contributed by atoms with E-state index in [4.69, 9.17) is 9.47 Å². The molecule has 2 aliphatic carbocycles. The fourth-order valence-electron chi connectivity index (χ4n) is 4.08. The van der Waals surface area contributed by atoms with Crippen LogP contribution in [0.1, 0.15) is 19.8 Å². The van der Waals surface area contributed by atoms with Gasteiger partial charge >= 0.3 is 0 Å². The number of fused-ring (bicyclic) bond motifs is 3. The molecule has 0 amide bonds. The standard InChI is InChI=1S/C17H20O2/c1-11-2-4-12(5-3-11)15-10-13-6-8-18-16(13)17-14(15)7-9-19-17/h2-4,6-9,12-17H,5,10H2,1H3/t12?,13-,14?,15?,16?,17?/m0/s1. The average molecular weight is 256 g/mol. The van der Waals surface area contributed by atoms with Crippen LogP contribution in [0.15, 0.2) is 48.5 Å². The van der Waals surface area contributed by atoms with Crippen LogP contribution in [0.3, 0.4) is 0 Å². The Morgan fingerprint density at radius 2 is 1.84 bits per heavy atom. The maximum Gasteiger partial charge on any atom is 0.142 e. The monoisotopic (exact) mass is 256 g/mol.